The summed E-state index contributed by atoms with van der Waals surface area (Å²) in [5, 5.41) is 12.6. The lowest BCUT2D eigenvalue weighted by atomic mass is 9.98. The summed E-state index contributed by atoms with van der Waals surface area (Å²) in [5.41, 5.74) is 7.79. The van der Waals surface area contributed by atoms with Gasteiger partial charge in [-0.25, -0.2) is 4.98 Å². The van der Waals surface area contributed by atoms with Gasteiger partial charge in [-0.05, 0) is 97.4 Å². The van der Waals surface area contributed by atoms with Crippen molar-refractivity contribution < 1.29 is 19.4 Å². The molecule has 3 aliphatic rings. The number of nitrogens with one attached hydrogen (secondary N) is 1. The zero-order valence-corrected chi connectivity index (χ0v) is 29.6. The first-order chi connectivity index (χ1) is 25.6. The van der Waals surface area contributed by atoms with Gasteiger partial charge >= 0.3 is 0 Å². The number of rotatable bonds is 11. The molecule has 0 aliphatic carbocycles. The fourth-order valence-electron chi connectivity index (χ4n) is 7.97. The molecular weight excluding hydrogens is 651 g/mol. The smallest absolute Gasteiger partial charge is 0.271 e. The van der Waals surface area contributed by atoms with Gasteiger partial charge in [0.1, 0.15) is 5.69 Å². The van der Waals surface area contributed by atoms with Gasteiger partial charge in [0.2, 0.25) is 0 Å². The van der Waals surface area contributed by atoms with Crippen LogP contribution in [0.2, 0.25) is 0 Å². The van der Waals surface area contributed by atoms with Crippen LogP contribution >= 0.6 is 0 Å². The molecule has 52 heavy (non-hydrogen) atoms. The van der Waals surface area contributed by atoms with Gasteiger partial charge in [-0.1, -0.05) is 72.8 Å². The molecule has 268 valence electrons. The SMILES string of the molecule is O=C(NCc1cccc(-c2cccc([C@@H]3O[C@H](CN4CCC[C@H]4CN4CCCC4)C[C@H](c4ccc(CO)cc4)O3)c2)c1)c1cnc2ccccc2n1. The van der Waals surface area contributed by atoms with Crippen LogP contribution in [0.15, 0.2) is 103 Å². The van der Waals surface area contributed by atoms with Gasteiger partial charge < -0.3 is 24.8 Å². The number of fused-ring (bicyclic) bond motifs is 1. The summed E-state index contributed by atoms with van der Waals surface area (Å²) in [6.45, 7) is 5.99. The molecule has 8 rings (SSSR count). The molecule has 5 aromatic rings. The van der Waals surface area contributed by atoms with E-state index in [0.717, 1.165) is 65.0 Å². The van der Waals surface area contributed by atoms with Crippen LogP contribution in [0.1, 0.15) is 77.2 Å². The first-order valence-electron chi connectivity index (χ1n) is 18.7. The van der Waals surface area contributed by atoms with Crippen LogP contribution in [0, 0.1) is 0 Å². The van der Waals surface area contributed by atoms with Gasteiger partial charge in [0.15, 0.2) is 6.29 Å². The fourth-order valence-corrected chi connectivity index (χ4v) is 7.97. The van der Waals surface area contributed by atoms with Crippen molar-refractivity contribution in [1.82, 2.24) is 25.1 Å². The highest BCUT2D eigenvalue weighted by molar-refractivity contribution is 5.93. The molecule has 3 fully saturated rings. The van der Waals surface area contributed by atoms with Gasteiger partial charge in [0, 0.05) is 37.7 Å². The van der Waals surface area contributed by atoms with Crippen LogP contribution in [-0.2, 0) is 22.6 Å². The number of carbonyl (C=O) groups excluding carboxylic acids is 1. The maximum absolute atomic E-state index is 13.0. The van der Waals surface area contributed by atoms with E-state index >= 15 is 0 Å². The second-order valence-electron chi connectivity index (χ2n) is 14.4. The van der Waals surface area contributed by atoms with E-state index in [1.165, 1.54) is 45.0 Å². The first kappa shape index (κ1) is 34.6. The molecule has 2 N–H and O–H groups in total. The van der Waals surface area contributed by atoms with E-state index in [2.05, 4.69) is 73.6 Å². The maximum Gasteiger partial charge on any atom is 0.271 e. The van der Waals surface area contributed by atoms with E-state index in [-0.39, 0.29) is 24.7 Å². The molecule has 3 saturated heterocycles. The number of hydrogen-bond donors (Lipinski definition) is 2. The van der Waals surface area contributed by atoms with Crippen molar-refractivity contribution in [3.05, 3.63) is 131 Å². The summed E-state index contributed by atoms with van der Waals surface area (Å²) in [5.74, 6) is -0.261. The third-order valence-corrected chi connectivity index (χ3v) is 10.8. The van der Waals surface area contributed by atoms with Gasteiger partial charge in [-0.2, -0.15) is 0 Å². The van der Waals surface area contributed by atoms with E-state index in [4.69, 9.17) is 9.47 Å². The third kappa shape index (κ3) is 8.09. The number of ether oxygens (including phenoxy) is 2. The molecule has 4 aromatic carbocycles. The lowest BCUT2D eigenvalue weighted by molar-refractivity contribution is -0.253. The van der Waals surface area contributed by atoms with Crippen molar-refractivity contribution in [3.8, 4) is 11.1 Å². The van der Waals surface area contributed by atoms with E-state index in [1.54, 1.807) is 0 Å². The minimum atomic E-state index is -0.522. The number of aliphatic hydroxyl groups excluding tert-OH is 1. The zero-order valence-electron chi connectivity index (χ0n) is 29.6. The zero-order chi connectivity index (χ0) is 35.3. The summed E-state index contributed by atoms with van der Waals surface area (Å²) in [4.78, 5) is 27.1. The standard InChI is InChI=1S/C43H47N5O4/c49-29-30-15-17-32(18-16-30)41-24-37(28-48-21-7-12-36(48)27-47-19-3-4-20-47)51-43(52-41)35-11-6-10-34(23-35)33-9-5-8-31(22-33)25-45-42(50)40-26-44-38-13-1-2-14-39(38)46-40/h1-2,5-6,8-11,13-18,22-23,26,36-37,41,43,49H,3-4,7,12,19-21,24-25,27-29H2,(H,45,50)/t36-,37-,41+,43+/m0/s1. The Balaban J connectivity index is 0.981. The van der Waals surface area contributed by atoms with E-state index in [0.29, 0.717) is 23.8 Å². The molecule has 3 aliphatic heterocycles. The summed E-state index contributed by atoms with van der Waals surface area (Å²) >= 11 is 0. The van der Waals surface area contributed by atoms with Crippen LogP contribution in [-0.4, -0.2) is 75.7 Å². The average molecular weight is 698 g/mol. The molecule has 0 unspecified atom stereocenters. The van der Waals surface area contributed by atoms with E-state index in [1.807, 2.05) is 48.5 Å². The minimum absolute atomic E-state index is 0.0170. The Kier molecular flexibility index (Phi) is 10.7. The van der Waals surface area contributed by atoms with Gasteiger partial charge in [0.25, 0.3) is 5.91 Å². The molecule has 1 aromatic heterocycles. The third-order valence-electron chi connectivity index (χ3n) is 10.8. The molecule has 0 bridgehead atoms. The van der Waals surface area contributed by atoms with E-state index < -0.39 is 6.29 Å². The summed E-state index contributed by atoms with van der Waals surface area (Å²) in [7, 11) is 0. The van der Waals surface area contributed by atoms with Crippen molar-refractivity contribution in [2.45, 2.75) is 69.8 Å². The largest absolute Gasteiger partial charge is 0.392 e. The van der Waals surface area contributed by atoms with Crippen molar-refractivity contribution in [2.75, 3.05) is 32.7 Å². The molecule has 9 nitrogen and oxygen atoms in total. The topological polar surface area (TPSA) is 100 Å². The molecule has 1 amide bonds. The van der Waals surface area contributed by atoms with Crippen molar-refractivity contribution >= 4 is 16.9 Å². The molecule has 0 spiro atoms. The van der Waals surface area contributed by atoms with Crippen molar-refractivity contribution in [3.63, 3.8) is 0 Å². The average Bonchev–Trinajstić information content (AvgIpc) is 3.89. The molecule has 9 heteroatoms. The van der Waals surface area contributed by atoms with Crippen molar-refractivity contribution in [1.29, 1.82) is 0 Å². The Labute approximate surface area is 305 Å². The number of carbonyl (C=O) groups is 1. The second-order valence-corrected chi connectivity index (χ2v) is 14.4. The lowest BCUT2D eigenvalue weighted by Gasteiger charge is -2.39. The number of aromatic nitrogens is 2. The Hall–Kier alpha value is -4.51. The first-order valence-corrected chi connectivity index (χ1v) is 18.7. The Morgan fingerprint density at radius 1 is 0.788 bits per heavy atom. The van der Waals surface area contributed by atoms with E-state index in [9.17, 15) is 9.90 Å². The Morgan fingerprint density at radius 2 is 1.58 bits per heavy atom. The Bertz CT molecular complexity index is 1980. The molecule has 4 heterocycles. The van der Waals surface area contributed by atoms with Crippen LogP contribution in [0.4, 0.5) is 0 Å². The normalized spacial score (nSPS) is 22.6. The van der Waals surface area contributed by atoms with Crippen LogP contribution in [0.25, 0.3) is 22.2 Å². The minimum Gasteiger partial charge on any atom is -0.392 e. The predicted molar refractivity (Wildman–Crippen MR) is 201 cm³/mol. The molecule has 0 radical (unpaired) electrons. The highest BCUT2D eigenvalue weighted by atomic mass is 16.7. The number of hydrogen-bond acceptors (Lipinski definition) is 8. The number of likely N-dealkylation sites (tertiary alicyclic amines) is 2. The molecule has 4 atom stereocenters. The van der Waals surface area contributed by atoms with Gasteiger partial charge in [-0.15, -0.1) is 0 Å². The predicted octanol–water partition coefficient (Wildman–Crippen LogP) is 6.82. The highest BCUT2D eigenvalue weighted by Crippen LogP contribution is 2.39. The van der Waals surface area contributed by atoms with Gasteiger partial charge in [0.05, 0.1) is 36.0 Å². The molecular formula is C43H47N5O4. The lowest BCUT2D eigenvalue weighted by Crippen LogP contribution is -2.45. The summed E-state index contributed by atoms with van der Waals surface area (Å²) in [6.07, 6.45) is 6.78. The number of amides is 1. The summed E-state index contributed by atoms with van der Waals surface area (Å²) < 4.78 is 13.6. The van der Waals surface area contributed by atoms with Crippen LogP contribution in [0.3, 0.4) is 0 Å². The quantitative estimate of drug-likeness (QED) is 0.155. The van der Waals surface area contributed by atoms with Crippen molar-refractivity contribution in [2.24, 2.45) is 0 Å². The number of para-hydroxylation sites is 2. The van der Waals surface area contributed by atoms with Crippen LogP contribution < -0.4 is 5.32 Å². The highest BCUT2D eigenvalue weighted by Gasteiger charge is 2.36. The molecule has 0 saturated carbocycles. The monoisotopic (exact) mass is 697 g/mol. The fraction of sp³-hybridized carbons (Fsp3) is 0.372. The summed E-state index contributed by atoms with van der Waals surface area (Å²) in [6, 6.07) is 32.9. The second kappa shape index (κ2) is 16.0. The van der Waals surface area contributed by atoms with Crippen LogP contribution in [0.5, 0.6) is 0 Å². The van der Waals surface area contributed by atoms with Gasteiger partial charge in [-0.3, -0.25) is 14.7 Å². The number of benzene rings is 4. The number of aliphatic hydroxyl groups is 1. The Morgan fingerprint density at radius 3 is 2.40 bits per heavy atom. The maximum atomic E-state index is 13.0. The number of nitrogens with zero attached hydrogens (tertiary/aromatic N) is 4.